The standard InChI is InChI=1S/C42H68N2O9Si3/c1-40(2,3)54(11,12)50-27-33-35(52-55(13,14)41(4,5)6)36(53-56(15,16)42(7,8)9)38(51-33)44-25-32(37(46)43-39(44)47)34(45)29-18-17-19-31(24-29)49-26-28-20-22-30(48-10)23-21-28/h17-25,33-36,38,45H,26-27H2,1-16H3,(H,43,46,47)/t33-,34?,35-,36-,38-/m1/s1. The molecule has 0 bridgehead atoms. The van der Waals surface area contributed by atoms with Crippen LogP contribution in [0.4, 0.5) is 0 Å². The van der Waals surface area contributed by atoms with Crippen LogP contribution >= 0.6 is 0 Å². The Bertz CT molecular complexity index is 1900. The van der Waals surface area contributed by atoms with Gasteiger partial charge < -0.3 is 32.6 Å². The van der Waals surface area contributed by atoms with Crippen molar-refractivity contribution in [2.45, 2.75) is 154 Å². The lowest BCUT2D eigenvalue weighted by Gasteiger charge is -2.44. The molecule has 1 saturated heterocycles. The fraction of sp³-hybridized carbons (Fsp3) is 0.619. The van der Waals surface area contributed by atoms with Gasteiger partial charge in [-0.2, -0.15) is 0 Å². The van der Waals surface area contributed by atoms with Gasteiger partial charge in [0.05, 0.1) is 19.3 Å². The molecule has 1 unspecified atom stereocenters. The van der Waals surface area contributed by atoms with Gasteiger partial charge in [-0.05, 0) is 89.8 Å². The van der Waals surface area contributed by atoms with Crippen LogP contribution in [-0.4, -0.2) is 71.6 Å². The molecule has 1 aromatic heterocycles. The number of rotatable bonds is 14. The lowest BCUT2D eigenvalue weighted by atomic mass is 10.0. The molecule has 0 amide bonds. The van der Waals surface area contributed by atoms with Gasteiger partial charge in [0, 0.05) is 6.20 Å². The normalized spacial score (nSPS) is 20.6. The van der Waals surface area contributed by atoms with Gasteiger partial charge in [-0.25, -0.2) is 4.79 Å². The summed E-state index contributed by atoms with van der Waals surface area (Å²) in [5.74, 6) is 1.26. The highest BCUT2D eigenvalue weighted by Gasteiger charge is 2.55. The van der Waals surface area contributed by atoms with Crippen molar-refractivity contribution in [1.29, 1.82) is 0 Å². The summed E-state index contributed by atoms with van der Waals surface area (Å²) in [6, 6.07) is 14.5. The van der Waals surface area contributed by atoms with Crippen LogP contribution in [0.2, 0.25) is 54.4 Å². The van der Waals surface area contributed by atoms with Crippen molar-refractivity contribution in [2.75, 3.05) is 13.7 Å². The molecule has 14 heteroatoms. The molecular weight excluding hydrogens is 761 g/mol. The number of H-pyrrole nitrogens is 1. The van der Waals surface area contributed by atoms with Gasteiger partial charge in [-0.1, -0.05) is 86.6 Å². The average molecular weight is 829 g/mol. The van der Waals surface area contributed by atoms with Crippen LogP contribution < -0.4 is 20.7 Å². The molecule has 4 rings (SSSR count). The zero-order valence-electron chi connectivity index (χ0n) is 36.7. The van der Waals surface area contributed by atoms with E-state index in [1.807, 2.05) is 24.3 Å². The zero-order chi connectivity index (χ0) is 42.2. The minimum atomic E-state index is -2.52. The van der Waals surface area contributed by atoms with E-state index >= 15 is 0 Å². The lowest BCUT2D eigenvalue weighted by molar-refractivity contribution is -0.0513. The molecule has 3 aromatic rings. The number of methoxy groups -OCH3 is 1. The molecule has 312 valence electrons. The van der Waals surface area contributed by atoms with E-state index in [0.29, 0.717) is 17.9 Å². The molecule has 5 atom stereocenters. The van der Waals surface area contributed by atoms with Crippen LogP contribution in [0.15, 0.2) is 64.3 Å². The number of nitrogens with one attached hydrogen (secondary N) is 1. The third-order valence-corrected chi connectivity index (χ3v) is 25.9. The van der Waals surface area contributed by atoms with Gasteiger partial charge in [-0.3, -0.25) is 14.3 Å². The molecule has 1 aliphatic rings. The molecule has 0 saturated carbocycles. The van der Waals surface area contributed by atoms with E-state index in [1.54, 1.807) is 31.4 Å². The first-order valence-electron chi connectivity index (χ1n) is 19.6. The number of hydrogen-bond acceptors (Lipinski definition) is 9. The zero-order valence-corrected chi connectivity index (χ0v) is 39.7. The van der Waals surface area contributed by atoms with Crippen molar-refractivity contribution in [3.8, 4) is 11.5 Å². The first-order chi connectivity index (χ1) is 25.6. The Morgan fingerprint density at radius 3 is 1.88 bits per heavy atom. The summed E-state index contributed by atoms with van der Waals surface area (Å²) >= 11 is 0. The molecule has 0 aliphatic carbocycles. The van der Waals surface area contributed by atoms with Crippen molar-refractivity contribution < 1.29 is 32.6 Å². The maximum Gasteiger partial charge on any atom is 0.330 e. The number of aromatic amines is 1. The summed E-state index contributed by atoms with van der Waals surface area (Å²) < 4.78 is 40.8. The monoisotopic (exact) mass is 828 g/mol. The number of benzene rings is 2. The summed E-state index contributed by atoms with van der Waals surface area (Å²) in [6.07, 6.45) is -2.84. The summed E-state index contributed by atoms with van der Waals surface area (Å²) in [6.45, 7) is 33.3. The summed E-state index contributed by atoms with van der Waals surface area (Å²) in [7, 11) is -5.58. The topological polar surface area (TPSA) is 130 Å². The molecule has 1 aliphatic heterocycles. The molecule has 2 N–H and O–H groups in total. The second kappa shape index (κ2) is 16.8. The maximum absolute atomic E-state index is 13.9. The van der Waals surface area contributed by atoms with Crippen LogP contribution in [0.1, 0.15) is 91.3 Å². The van der Waals surface area contributed by atoms with E-state index in [4.69, 9.17) is 27.5 Å². The number of aromatic nitrogens is 2. The van der Waals surface area contributed by atoms with Gasteiger partial charge in [0.2, 0.25) is 0 Å². The van der Waals surface area contributed by atoms with Crippen LogP contribution in [0.3, 0.4) is 0 Å². The van der Waals surface area contributed by atoms with Gasteiger partial charge >= 0.3 is 5.69 Å². The molecular formula is C42H68N2O9Si3. The van der Waals surface area contributed by atoms with Crippen LogP contribution in [0.5, 0.6) is 11.5 Å². The van der Waals surface area contributed by atoms with Crippen LogP contribution in [0, 0.1) is 0 Å². The molecule has 11 nitrogen and oxygen atoms in total. The van der Waals surface area contributed by atoms with E-state index in [9.17, 15) is 14.7 Å². The maximum atomic E-state index is 13.9. The Balaban J connectivity index is 1.78. The highest BCUT2D eigenvalue weighted by Crippen LogP contribution is 2.46. The second-order valence-corrected chi connectivity index (χ2v) is 34.0. The predicted molar refractivity (Wildman–Crippen MR) is 230 cm³/mol. The largest absolute Gasteiger partial charge is 0.497 e. The second-order valence-electron chi connectivity index (χ2n) is 19.7. The van der Waals surface area contributed by atoms with Gasteiger partial charge in [0.1, 0.15) is 42.5 Å². The highest BCUT2D eigenvalue weighted by atomic mass is 28.4. The van der Waals surface area contributed by atoms with Crippen molar-refractivity contribution in [2.24, 2.45) is 0 Å². The fourth-order valence-corrected chi connectivity index (χ4v) is 9.22. The number of ether oxygens (including phenoxy) is 3. The van der Waals surface area contributed by atoms with E-state index in [0.717, 1.165) is 11.3 Å². The Morgan fingerprint density at radius 1 is 0.786 bits per heavy atom. The average Bonchev–Trinajstić information content (AvgIpc) is 3.39. The van der Waals surface area contributed by atoms with E-state index < -0.39 is 66.8 Å². The highest BCUT2D eigenvalue weighted by molar-refractivity contribution is 6.75. The Labute approximate surface area is 337 Å². The minimum absolute atomic E-state index is 0.0191. The van der Waals surface area contributed by atoms with Crippen molar-refractivity contribution >= 4 is 25.0 Å². The molecule has 56 heavy (non-hydrogen) atoms. The third-order valence-electron chi connectivity index (χ3n) is 12.5. The molecule has 2 aromatic carbocycles. The van der Waals surface area contributed by atoms with Crippen LogP contribution in [-0.2, 0) is 24.6 Å². The predicted octanol–water partition coefficient (Wildman–Crippen LogP) is 8.91. The number of aliphatic hydroxyl groups excluding tert-OH is 1. The lowest BCUT2D eigenvalue weighted by Crippen LogP contribution is -2.55. The molecule has 2 heterocycles. The first kappa shape index (κ1) is 45.9. The van der Waals surface area contributed by atoms with Gasteiger partial charge in [-0.15, -0.1) is 0 Å². The van der Waals surface area contributed by atoms with E-state index in [2.05, 4.69) is 107 Å². The summed E-state index contributed by atoms with van der Waals surface area (Å²) in [5, 5.41) is 11.4. The molecule has 1 fully saturated rings. The quantitative estimate of drug-likeness (QED) is 0.153. The van der Waals surface area contributed by atoms with Gasteiger partial charge in [0.25, 0.3) is 5.56 Å². The van der Waals surface area contributed by atoms with Crippen molar-refractivity contribution in [3.63, 3.8) is 0 Å². The van der Waals surface area contributed by atoms with E-state index in [-0.39, 0.29) is 27.3 Å². The number of aliphatic hydroxyl groups is 1. The van der Waals surface area contributed by atoms with Gasteiger partial charge in [0.15, 0.2) is 31.2 Å². The van der Waals surface area contributed by atoms with Crippen molar-refractivity contribution in [1.82, 2.24) is 9.55 Å². The first-order valence-corrected chi connectivity index (χ1v) is 28.4. The summed E-state index contributed by atoms with van der Waals surface area (Å²) in [4.78, 5) is 29.8. The Morgan fingerprint density at radius 2 is 1.34 bits per heavy atom. The number of hydrogen-bond donors (Lipinski definition) is 2. The van der Waals surface area contributed by atoms with Crippen molar-refractivity contribution in [3.05, 3.63) is 92.3 Å². The summed E-state index contributed by atoms with van der Waals surface area (Å²) in [5.41, 5.74) is -0.0258. The van der Waals surface area contributed by atoms with Crippen LogP contribution in [0.25, 0.3) is 0 Å². The SMILES string of the molecule is COc1ccc(COc2cccc(C(O)c3cn([C@@H]4O[C@H](CO[Si](C)(C)C(C)(C)C)[C@@H](O[Si](C)(C)C(C)(C)C)[C@H]4O[Si](C)(C)C(C)(C)C)c(=O)[nH]c3=O)c2)cc1. The molecule has 0 spiro atoms. The van der Waals surface area contributed by atoms with E-state index in [1.165, 1.54) is 10.8 Å². The third kappa shape index (κ3) is 10.4. The fourth-order valence-electron chi connectivity index (χ4n) is 5.60. The Hall–Kier alpha value is -2.83. The smallest absolute Gasteiger partial charge is 0.330 e. The molecule has 0 radical (unpaired) electrons. The number of nitrogens with zero attached hydrogens (tertiary/aromatic N) is 1. The Kier molecular flexibility index (Phi) is 13.8. The minimum Gasteiger partial charge on any atom is -0.497 e.